The topological polar surface area (TPSA) is 45.6 Å². The Labute approximate surface area is 203 Å². The molecule has 0 aliphatic heterocycles. The molecule has 5 nitrogen and oxygen atoms in total. The lowest BCUT2D eigenvalue weighted by Crippen LogP contribution is -2.44. The third-order valence-corrected chi connectivity index (χ3v) is 5.61. The predicted molar refractivity (Wildman–Crippen MR) is 128 cm³/mol. The Hall–Kier alpha value is -3.55. The molecule has 0 fully saturated rings. The lowest BCUT2D eigenvalue weighted by molar-refractivity contribution is -0.137. The smallest absolute Gasteiger partial charge is 0.353 e. The summed E-state index contributed by atoms with van der Waals surface area (Å²) < 4.78 is 41.5. The second-order valence-corrected chi connectivity index (χ2v) is 9.00. The van der Waals surface area contributed by atoms with Gasteiger partial charge in [-0.25, -0.2) is 0 Å². The first-order valence-corrected chi connectivity index (χ1v) is 11.4. The van der Waals surface area contributed by atoms with E-state index >= 15 is 0 Å². The molecule has 3 rings (SSSR count). The molecule has 0 radical (unpaired) electrons. The number of hydrogen-bond acceptors (Lipinski definition) is 2. The number of carbonyl (C=O) groups excluding carboxylic acids is 2. The van der Waals surface area contributed by atoms with E-state index in [-0.39, 0.29) is 30.5 Å². The zero-order chi connectivity index (χ0) is 25.6. The number of carbonyl (C=O) groups is 2. The van der Waals surface area contributed by atoms with Crippen LogP contribution in [0.25, 0.3) is 0 Å². The fourth-order valence-electron chi connectivity index (χ4n) is 3.83. The SMILES string of the molecule is CC(C)CN(CC(=O)N(Cc1ccccc1)Cc1cccn1C)C(=O)c1cccc(C(F)(F)F)c1. The maximum atomic E-state index is 13.5. The first-order valence-electron chi connectivity index (χ1n) is 11.4. The van der Waals surface area contributed by atoms with Gasteiger partial charge in [0.15, 0.2) is 0 Å². The molecule has 3 aromatic rings. The van der Waals surface area contributed by atoms with E-state index in [1.165, 1.54) is 17.0 Å². The van der Waals surface area contributed by atoms with Gasteiger partial charge in [-0.1, -0.05) is 50.2 Å². The van der Waals surface area contributed by atoms with E-state index in [0.29, 0.717) is 13.1 Å². The van der Waals surface area contributed by atoms with Gasteiger partial charge in [0.05, 0.1) is 12.1 Å². The lowest BCUT2D eigenvalue weighted by Gasteiger charge is -2.29. The predicted octanol–water partition coefficient (Wildman–Crippen LogP) is 5.37. The number of alkyl halides is 3. The van der Waals surface area contributed by atoms with Crippen molar-refractivity contribution in [1.82, 2.24) is 14.4 Å². The average Bonchev–Trinajstić information content (AvgIpc) is 3.22. The van der Waals surface area contributed by atoms with Crippen LogP contribution in [0.2, 0.25) is 0 Å². The molecule has 0 saturated carbocycles. The zero-order valence-corrected chi connectivity index (χ0v) is 20.1. The quantitative estimate of drug-likeness (QED) is 0.409. The summed E-state index contributed by atoms with van der Waals surface area (Å²) in [5.74, 6) is -0.860. The van der Waals surface area contributed by atoms with Crippen molar-refractivity contribution in [3.05, 3.63) is 95.3 Å². The Bertz CT molecular complexity index is 1140. The fourth-order valence-corrected chi connectivity index (χ4v) is 3.83. The van der Waals surface area contributed by atoms with Crippen LogP contribution < -0.4 is 0 Å². The molecule has 186 valence electrons. The van der Waals surface area contributed by atoms with Crippen molar-refractivity contribution in [3.8, 4) is 0 Å². The number of aromatic nitrogens is 1. The number of halogens is 3. The highest BCUT2D eigenvalue weighted by Crippen LogP contribution is 2.30. The van der Waals surface area contributed by atoms with E-state index in [1.807, 2.05) is 74.1 Å². The van der Waals surface area contributed by atoms with Crippen LogP contribution >= 0.6 is 0 Å². The molecule has 0 aliphatic carbocycles. The van der Waals surface area contributed by atoms with Crippen molar-refractivity contribution >= 4 is 11.8 Å². The Morgan fingerprint density at radius 1 is 0.914 bits per heavy atom. The highest BCUT2D eigenvalue weighted by molar-refractivity contribution is 5.96. The maximum Gasteiger partial charge on any atom is 0.416 e. The largest absolute Gasteiger partial charge is 0.416 e. The summed E-state index contributed by atoms with van der Waals surface area (Å²) in [5.41, 5.74) is 0.877. The minimum atomic E-state index is -4.56. The third-order valence-electron chi connectivity index (χ3n) is 5.61. The zero-order valence-electron chi connectivity index (χ0n) is 20.1. The van der Waals surface area contributed by atoms with E-state index in [9.17, 15) is 22.8 Å². The standard InChI is InChI=1S/C27H30F3N3O2/c1-20(2)16-33(26(35)22-11-7-12-23(15-22)27(28,29)30)19-25(34)32(17-21-9-5-4-6-10-21)18-24-13-8-14-31(24)3/h4-15,20H,16-19H2,1-3H3. The van der Waals surface area contributed by atoms with E-state index in [4.69, 9.17) is 0 Å². The number of nitrogens with zero attached hydrogens (tertiary/aromatic N) is 3. The molecule has 0 spiro atoms. The van der Waals surface area contributed by atoms with Gasteiger partial charge in [0, 0.05) is 37.6 Å². The summed E-state index contributed by atoms with van der Waals surface area (Å²) in [5, 5.41) is 0. The van der Waals surface area contributed by atoms with Gasteiger partial charge in [-0.15, -0.1) is 0 Å². The van der Waals surface area contributed by atoms with Gasteiger partial charge in [-0.05, 0) is 41.8 Å². The molecule has 0 saturated heterocycles. The van der Waals surface area contributed by atoms with Gasteiger partial charge in [0.2, 0.25) is 5.91 Å². The van der Waals surface area contributed by atoms with Gasteiger partial charge in [-0.3, -0.25) is 9.59 Å². The van der Waals surface area contributed by atoms with Crippen molar-refractivity contribution < 1.29 is 22.8 Å². The van der Waals surface area contributed by atoms with Crippen molar-refractivity contribution in [1.29, 1.82) is 0 Å². The number of aryl methyl sites for hydroxylation is 1. The Balaban J connectivity index is 1.86. The second-order valence-electron chi connectivity index (χ2n) is 9.00. The summed E-state index contributed by atoms with van der Waals surface area (Å²) in [4.78, 5) is 29.7. The Morgan fingerprint density at radius 3 is 2.23 bits per heavy atom. The van der Waals surface area contributed by atoms with E-state index < -0.39 is 17.6 Å². The molecule has 2 aromatic carbocycles. The highest BCUT2D eigenvalue weighted by Gasteiger charge is 2.32. The molecular formula is C27H30F3N3O2. The van der Waals surface area contributed by atoms with Crippen LogP contribution in [0.1, 0.15) is 41.0 Å². The van der Waals surface area contributed by atoms with Crippen molar-refractivity contribution in [3.63, 3.8) is 0 Å². The van der Waals surface area contributed by atoms with E-state index in [2.05, 4.69) is 0 Å². The Kier molecular flexibility index (Phi) is 8.38. The minimum absolute atomic E-state index is 0.0213. The van der Waals surface area contributed by atoms with Crippen molar-refractivity contribution in [2.24, 2.45) is 13.0 Å². The van der Waals surface area contributed by atoms with Crippen LogP contribution in [0.15, 0.2) is 72.9 Å². The normalized spacial score (nSPS) is 11.5. The molecule has 2 amide bonds. The molecule has 0 unspecified atom stereocenters. The Morgan fingerprint density at radius 2 is 1.63 bits per heavy atom. The third kappa shape index (κ3) is 7.21. The minimum Gasteiger partial charge on any atom is -0.353 e. The van der Waals surface area contributed by atoms with Gasteiger partial charge >= 0.3 is 6.18 Å². The van der Waals surface area contributed by atoms with E-state index in [0.717, 1.165) is 23.4 Å². The molecule has 1 aromatic heterocycles. The van der Waals surface area contributed by atoms with Crippen LogP contribution in [0.4, 0.5) is 13.2 Å². The molecule has 0 atom stereocenters. The van der Waals surface area contributed by atoms with E-state index in [1.54, 1.807) is 4.90 Å². The van der Waals surface area contributed by atoms with Crippen LogP contribution in [-0.4, -0.2) is 39.3 Å². The summed E-state index contributed by atoms with van der Waals surface area (Å²) in [6, 6.07) is 17.7. The van der Waals surface area contributed by atoms with Gasteiger partial charge in [-0.2, -0.15) is 13.2 Å². The molecule has 0 bridgehead atoms. The summed E-state index contributed by atoms with van der Waals surface area (Å²) in [6.07, 6.45) is -2.67. The van der Waals surface area contributed by atoms with Crippen molar-refractivity contribution in [2.45, 2.75) is 33.1 Å². The van der Waals surface area contributed by atoms with Gasteiger partial charge < -0.3 is 14.4 Å². The molecule has 35 heavy (non-hydrogen) atoms. The average molecular weight is 486 g/mol. The summed E-state index contributed by atoms with van der Waals surface area (Å²) in [7, 11) is 1.89. The molecular weight excluding hydrogens is 455 g/mol. The summed E-state index contributed by atoms with van der Waals surface area (Å²) in [6.45, 7) is 4.47. The molecule has 0 aliphatic rings. The van der Waals surface area contributed by atoms with Gasteiger partial charge in [0.1, 0.15) is 6.54 Å². The number of benzene rings is 2. The van der Waals surface area contributed by atoms with Crippen molar-refractivity contribution in [2.75, 3.05) is 13.1 Å². The first-order chi connectivity index (χ1) is 16.5. The van der Waals surface area contributed by atoms with Gasteiger partial charge in [0.25, 0.3) is 5.91 Å². The number of hydrogen-bond donors (Lipinski definition) is 0. The monoisotopic (exact) mass is 485 g/mol. The number of rotatable bonds is 9. The molecule has 8 heteroatoms. The van der Waals surface area contributed by atoms with Crippen LogP contribution in [0.3, 0.4) is 0 Å². The molecule has 0 N–H and O–H groups in total. The fraction of sp³-hybridized carbons (Fsp3) is 0.333. The van der Waals surface area contributed by atoms with Crippen LogP contribution in [0, 0.1) is 5.92 Å². The highest BCUT2D eigenvalue weighted by atomic mass is 19.4. The summed E-state index contributed by atoms with van der Waals surface area (Å²) >= 11 is 0. The number of amides is 2. The lowest BCUT2D eigenvalue weighted by atomic mass is 10.1. The van der Waals surface area contributed by atoms with Crippen LogP contribution in [-0.2, 0) is 31.1 Å². The first kappa shape index (κ1) is 26.1. The second kappa shape index (κ2) is 11.3. The molecule has 1 heterocycles. The van der Waals surface area contributed by atoms with Crippen LogP contribution in [0.5, 0.6) is 0 Å². The maximum absolute atomic E-state index is 13.5.